The van der Waals surface area contributed by atoms with E-state index >= 15 is 0 Å². The number of carbonyl (C=O) groups excluding carboxylic acids is 1. The second-order valence-electron chi connectivity index (χ2n) is 7.32. The number of fused-ring (bicyclic) bond motifs is 1. The van der Waals surface area contributed by atoms with Gasteiger partial charge in [-0.05, 0) is 19.1 Å². The predicted octanol–water partition coefficient (Wildman–Crippen LogP) is 3.27. The number of imidazole rings is 1. The maximum absolute atomic E-state index is 12.2. The van der Waals surface area contributed by atoms with Gasteiger partial charge in [0.15, 0.2) is 0 Å². The number of hydrogen-bond acceptors (Lipinski definition) is 4. The molecule has 3 N–H and O–H groups in total. The maximum Gasteiger partial charge on any atom is 0.405 e. The zero-order valence-corrected chi connectivity index (χ0v) is 16.2. The Morgan fingerprint density at radius 3 is 2.93 bits per heavy atom. The highest BCUT2D eigenvalue weighted by Gasteiger charge is 2.28. The fourth-order valence-corrected chi connectivity index (χ4v) is 3.63. The number of amides is 2. The molecule has 0 aliphatic carbocycles. The molecule has 158 valence electrons. The summed E-state index contributed by atoms with van der Waals surface area (Å²) in [6, 6.07) is 6.25. The van der Waals surface area contributed by atoms with Crippen molar-refractivity contribution in [1.82, 2.24) is 20.2 Å². The number of amidine groups is 1. The minimum absolute atomic E-state index is 0.262. The van der Waals surface area contributed by atoms with E-state index in [2.05, 4.69) is 26.7 Å². The molecule has 2 aliphatic heterocycles. The second kappa shape index (κ2) is 7.85. The summed E-state index contributed by atoms with van der Waals surface area (Å²) < 4.78 is 38.7. The summed E-state index contributed by atoms with van der Waals surface area (Å²) in [7, 11) is 0. The van der Waals surface area contributed by atoms with Crippen LogP contribution >= 0.6 is 0 Å². The lowest BCUT2D eigenvalue weighted by Gasteiger charge is -2.24. The van der Waals surface area contributed by atoms with Crippen LogP contribution in [0.2, 0.25) is 0 Å². The van der Waals surface area contributed by atoms with Crippen LogP contribution in [-0.2, 0) is 6.42 Å². The molecule has 1 aromatic carbocycles. The van der Waals surface area contributed by atoms with Crippen LogP contribution in [0.3, 0.4) is 0 Å². The van der Waals surface area contributed by atoms with Crippen molar-refractivity contribution in [3.05, 3.63) is 42.4 Å². The molecule has 0 fully saturated rings. The van der Waals surface area contributed by atoms with E-state index in [0.717, 1.165) is 35.9 Å². The van der Waals surface area contributed by atoms with Crippen molar-refractivity contribution in [3.8, 4) is 11.3 Å². The lowest BCUT2D eigenvalue weighted by atomic mass is 9.94. The molecule has 10 heteroatoms. The first kappa shape index (κ1) is 20.0. The molecule has 4 rings (SSSR count). The number of aliphatic imine (C=N–C) groups is 1. The van der Waals surface area contributed by atoms with E-state index < -0.39 is 18.8 Å². The van der Waals surface area contributed by atoms with Gasteiger partial charge in [0.25, 0.3) is 0 Å². The number of alkyl halides is 3. The summed E-state index contributed by atoms with van der Waals surface area (Å²) in [5.41, 5.74) is 2.03. The van der Waals surface area contributed by atoms with E-state index in [1.54, 1.807) is 29.7 Å². The van der Waals surface area contributed by atoms with Gasteiger partial charge in [0.2, 0.25) is 0 Å². The van der Waals surface area contributed by atoms with Gasteiger partial charge in [0.05, 0.1) is 30.3 Å². The van der Waals surface area contributed by atoms with Crippen molar-refractivity contribution in [2.24, 2.45) is 10.9 Å². The number of carbonyl (C=O) groups is 1. The second-order valence-corrected chi connectivity index (χ2v) is 7.32. The number of halogens is 3. The molecule has 2 aromatic rings. The third-order valence-electron chi connectivity index (χ3n) is 5.08. The summed E-state index contributed by atoms with van der Waals surface area (Å²) >= 11 is 0. The van der Waals surface area contributed by atoms with E-state index in [1.165, 1.54) is 0 Å². The van der Waals surface area contributed by atoms with Gasteiger partial charge in [0, 0.05) is 29.8 Å². The number of aromatic nitrogens is 2. The number of benzene rings is 1. The van der Waals surface area contributed by atoms with Crippen LogP contribution in [0.1, 0.15) is 12.7 Å². The Bertz CT molecular complexity index is 1010. The Balaban J connectivity index is 1.46. The van der Waals surface area contributed by atoms with E-state index in [-0.39, 0.29) is 6.04 Å². The van der Waals surface area contributed by atoms with Crippen molar-refractivity contribution in [2.45, 2.75) is 25.6 Å². The summed E-state index contributed by atoms with van der Waals surface area (Å²) in [5.74, 6) is 2.16. The van der Waals surface area contributed by atoms with Crippen LogP contribution in [0.25, 0.3) is 17.5 Å². The molecule has 0 saturated heterocycles. The van der Waals surface area contributed by atoms with Gasteiger partial charge in [-0.1, -0.05) is 18.2 Å². The number of rotatable bonds is 4. The molecular formula is C20H21F3N6O. The Hall–Kier alpha value is -3.30. The van der Waals surface area contributed by atoms with E-state index in [1.807, 2.05) is 23.8 Å². The van der Waals surface area contributed by atoms with Crippen LogP contribution in [-0.4, -0.2) is 46.7 Å². The number of urea groups is 1. The molecule has 30 heavy (non-hydrogen) atoms. The lowest BCUT2D eigenvalue weighted by Crippen LogP contribution is -2.37. The van der Waals surface area contributed by atoms with Gasteiger partial charge < -0.3 is 20.5 Å². The third-order valence-corrected chi connectivity index (χ3v) is 5.08. The first-order chi connectivity index (χ1) is 14.3. The average Bonchev–Trinajstić information content (AvgIpc) is 3.32. The Kier molecular flexibility index (Phi) is 5.23. The third kappa shape index (κ3) is 4.47. The first-order valence-electron chi connectivity index (χ1n) is 9.52. The highest BCUT2D eigenvalue weighted by Crippen LogP contribution is 2.29. The zero-order valence-electron chi connectivity index (χ0n) is 16.2. The molecule has 2 amide bonds. The van der Waals surface area contributed by atoms with E-state index in [9.17, 15) is 18.0 Å². The van der Waals surface area contributed by atoms with Crippen molar-refractivity contribution in [2.75, 3.05) is 18.4 Å². The van der Waals surface area contributed by atoms with Crippen LogP contribution in [0.4, 0.5) is 23.7 Å². The Morgan fingerprint density at radius 1 is 1.37 bits per heavy atom. The predicted molar refractivity (Wildman–Crippen MR) is 108 cm³/mol. The molecule has 0 saturated carbocycles. The topological polar surface area (TPSA) is 83.3 Å². The molecule has 0 radical (unpaired) electrons. The molecule has 0 spiro atoms. The molecular weight excluding hydrogens is 397 g/mol. The van der Waals surface area contributed by atoms with Crippen molar-refractivity contribution >= 4 is 23.8 Å². The van der Waals surface area contributed by atoms with Gasteiger partial charge in [-0.2, -0.15) is 13.2 Å². The largest absolute Gasteiger partial charge is 0.405 e. The number of hydrogen-bond donors (Lipinski definition) is 3. The number of anilines is 1. The van der Waals surface area contributed by atoms with Crippen LogP contribution < -0.4 is 16.0 Å². The normalized spacial score (nSPS) is 20.3. The van der Waals surface area contributed by atoms with Gasteiger partial charge in [0.1, 0.15) is 12.4 Å². The lowest BCUT2D eigenvalue weighted by molar-refractivity contribution is -0.122. The monoisotopic (exact) mass is 418 g/mol. The summed E-state index contributed by atoms with van der Waals surface area (Å²) in [6.45, 7) is 1.32. The fourth-order valence-electron chi connectivity index (χ4n) is 3.63. The summed E-state index contributed by atoms with van der Waals surface area (Å²) in [5, 5.41) is 7.60. The number of nitrogens with zero attached hydrogens (tertiary/aromatic N) is 3. The van der Waals surface area contributed by atoms with Gasteiger partial charge >= 0.3 is 12.2 Å². The molecule has 3 heterocycles. The standard InChI is InChI=1S/C20H21F3N6O/c1-12-24-9-16(27-12)13-5-6-29-17(10-25-18(29)8-13)14-3-2-4-15(7-14)28-19(30)26-11-20(21,22)23/h2-7,10,13,16H,8-9,11H2,1H3,(H,24,27)(H2,26,28,30). The quantitative estimate of drug-likeness (QED) is 0.713. The van der Waals surface area contributed by atoms with Gasteiger partial charge in [-0.15, -0.1) is 0 Å². The van der Waals surface area contributed by atoms with Gasteiger partial charge in [-0.3, -0.25) is 4.99 Å². The van der Waals surface area contributed by atoms with E-state index in [0.29, 0.717) is 11.6 Å². The molecule has 7 nitrogen and oxygen atoms in total. The highest BCUT2D eigenvalue weighted by atomic mass is 19.4. The fraction of sp³-hybridized carbons (Fsp3) is 0.350. The Morgan fingerprint density at radius 2 is 2.20 bits per heavy atom. The first-order valence-corrected chi connectivity index (χ1v) is 9.52. The SMILES string of the molecule is CC1=NCC(C2C=Cn3c(-c4cccc(NC(=O)NCC(F)(F)F)c4)cnc3C2)N1. The maximum atomic E-state index is 12.2. The van der Waals surface area contributed by atoms with Crippen molar-refractivity contribution in [3.63, 3.8) is 0 Å². The molecule has 2 atom stereocenters. The minimum atomic E-state index is -4.46. The molecule has 2 aliphatic rings. The van der Waals surface area contributed by atoms with Gasteiger partial charge in [-0.25, -0.2) is 9.78 Å². The smallest absolute Gasteiger partial charge is 0.369 e. The average molecular weight is 418 g/mol. The summed E-state index contributed by atoms with van der Waals surface area (Å²) in [6.07, 6.45) is 2.19. The molecule has 1 aromatic heterocycles. The van der Waals surface area contributed by atoms with Crippen LogP contribution in [0.5, 0.6) is 0 Å². The molecule has 0 bridgehead atoms. The summed E-state index contributed by atoms with van der Waals surface area (Å²) in [4.78, 5) is 20.7. The minimum Gasteiger partial charge on any atom is -0.369 e. The Labute approximate surface area is 171 Å². The van der Waals surface area contributed by atoms with Crippen molar-refractivity contribution in [1.29, 1.82) is 0 Å². The van der Waals surface area contributed by atoms with Crippen molar-refractivity contribution < 1.29 is 18.0 Å². The zero-order chi connectivity index (χ0) is 21.3. The highest BCUT2D eigenvalue weighted by molar-refractivity contribution is 5.90. The molecule has 2 unspecified atom stereocenters. The van der Waals surface area contributed by atoms with E-state index in [4.69, 9.17) is 0 Å². The number of nitrogens with one attached hydrogen (secondary N) is 3. The van der Waals surface area contributed by atoms with Crippen LogP contribution in [0, 0.1) is 5.92 Å². The van der Waals surface area contributed by atoms with Crippen LogP contribution in [0.15, 0.2) is 41.5 Å².